The number of benzene rings is 2. The highest BCUT2D eigenvalue weighted by Crippen LogP contribution is 2.34. The minimum Gasteiger partial charge on any atom is -0.486 e. The number of nitrogens with zero attached hydrogens (tertiary/aromatic N) is 8. The molecule has 6 aromatic rings. The molecule has 10 rings (SSSR count). The molecule has 370 valence electrons. The minimum atomic E-state index is -1.76. The van der Waals surface area contributed by atoms with Crippen LogP contribution in [0.25, 0.3) is 22.3 Å². The number of hydrogen-bond acceptors (Lipinski definition) is 16. The lowest BCUT2D eigenvalue weighted by atomic mass is 10.0. The van der Waals surface area contributed by atoms with Gasteiger partial charge in [0.1, 0.15) is 41.9 Å². The van der Waals surface area contributed by atoms with E-state index in [0.29, 0.717) is 67.9 Å². The van der Waals surface area contributed by atoms with Gasteiger partial charge < -0.3 is 39.3 Å². The molecule has 20 nitrogen and oxygen atoms in total. The largest absolute Gasteiger partial charge is 0.486 e. The van der Waals surface area contributed by atoms with Crippen molar-refractivity contribution in [2.24, 2.45) is 11.7 Å². The van der Waals surface area contributed by atoms with Crippen molar-refractivity contribution >= 4 is 63.4 Å². The molecule has 0 radical (unpaired) electrons. The lowest BCUT2D eigenvalue weighted by molar-refractivity contribution is -0.122. The first kappa shape index (κ1) is 49.4. The van der Waals surface area contributed by atoms with Crippen molar-refractivity contribution in [2.45, 2.75) is 70.0 Å². The molecule has 2 amide bonds. The first-order valence-corrected chi connectivity index (χ1v) is 22.7. The van der Waals surface area contributed by atoms with Crippen LogP contribution < -0.4 is 45.6 Å². The Morgan fingerprint density at radius 3 is 1.70 bits per heavy atom. The molecule has 71 heavy (non-hydrogen) atoms. The summed E-state index contributed by atoms with van der Waals surface area (Å²) in [5, 5.41) is 0. The van der Waals surface area contributed by atoms with Crippen molar-refractivity contribution in [3.63, 3.8) is 0 Å². The number of aldehydes is 1. The monoisotopic (exact) mass is 977 g/mol. The fraction of sp³-hybridized carbons (Fsp3) is 0.367. The number of alkyl halides is 2. The van der Waals surface area contributed by atoms with E-state index in [1.165, 1.54) is 18.8 Å². The van der Waals surface area contributed by atoms with E-state index in [-0.39, 0.29) is 91.5 Å². The topological polar surface area (TPSA) is 250 Å². The maximum absolute atomic E-state index is 15.0. The molecule has 4 aliphatic heterocycles. The average Bonchev–Trinajstić information content (AvgIpc) is 3.93. The molecule has 0 aliphatic carbocycles. The maximum atomic E-state index is 15.0. The van der Waals surface area contributed by atoms with Gasteiger partial charge in [0.2, 0.25) is 23.6 Å². The van der Waals surface area contributed by atoms with Crippen molar-refractivity contribution in [1.82, 2.24) is 29.1 Å². The van der Waals surface area contributed by atoms with Crippen LogP contribution in [0.3, 0.4) is 0 Å². The number of carbonyl (C=O) groups is 5. The Kier molecular flexibility index (Phi) is 15.1. The molecule has 8 heterocycles. The van der Waals surface area contributed by atoms with Gasteiger partial charge in [0, 0.05) is 79.4 Å². The van der Waals surface area contributed by atoms with Gasteiger partial charge in [-0.3, -0.25) is 37.9 Å². The summed E-state index contributed by atoms with van der Waals surface area (Å²) >= 11 is 0. The number of carbonyl (C=O) groups excluding carboxylic acids is 5. The summed E-state index contributed by atoms with van der Waals surface area (Å²) in [6.07, 6.45) is 1.40. The standard InChI is InChI=1S/C25H25FN4O5.C13H14N2O3.C11H10FN3O3/c1-34-22-7-5-20-25(28-22)30(24(33)11-27-20)13-17(26)3-2-15-8-23(32)29(12-15)18-4-6-21-16(9-18)10-19(31)14-35-21;14-9-5-13(17)15(6-9)10-1-2-12-8(3-10)4-11(16)7-18-12;1-18-9-3-2-8-11(14-9)15(5-7(12)6-16)10(17)4-13-8/h4-7,9,11,15,17H,2-3,8,10,12-14H2,1H3;1-3,9H,4-7,14H2;2-4,6-7H,5H2,1H3. The normalized spacial score (nSPS) is 18.0. The Hall–Kier alpha value is -8.01. The Morgan fingerprint density at radius 1 is 0.704 bits per heavy atom. The molecular formula is C49H49F2N9O11. The molecule has 0 spiro atoms. The number of anilines is 2. The molecule has 4 aromatic heterocycles. The molecule has 2 saturated heterocycles. The zero-order valence-corrected chi connectivity index (χ0v) is 38.7. The van der Waals surface area contributed by atoms with E-state index in [2.05, 4.69) is 19.9 Å². The SMILES string of the molecule is COc1ccc2ncc(=O)n(CC(F)C=O)c2n1.COc1ccc2ncc(=O)n(CC(F)CCC3CC(=O)N(c4ccc5c(c4)CC(=O)CO5)C3)c2n1.NC1CC(=O)N(c2ccc3c(c2)CC(=O)CO3)C1. The van der Waals surface area contributed by atoms with Crippen LogP contribution >= 0.6 is 0 Å². The molecule has 0 saturated carbocycles. The fourth-order valence-electron chi connectivity index (χ4n) is 8.63. The molecule has 4 aliphatic rings. The summed E-state index contributed by atoms with van der Waals surface area (Å²) in [5.74, 6) is 2.07. The van der Waals surface area contributed by atoms with E-state index in [1.807, 2.05) is 30.3 Å². The van der Waals surface area contributed by atoms with Crippen molar-refractivity contribution in [3.8, 4) is 23.3 Å². The molecule has 4 atom stereocenters. The van der Waals surface area contributed by atoms with Crippen molar-refractivity contribution in [2.75, 3.05) is 50.3 Å². The van der Waals surface area contributed by atoms with Gasteiger partial charge in [-0.1, -0.05) is 0 Å². The van der Waals surface area contributed by atoms with Crippen molar-refractivity contribution in [1.29, 1.82) is 0 Å². The minimum absolute atomic E-state index is 0.00112. The highest BCUT2D eigenvalue weighted by atomic mass is 19.1. The van der Waals surface area contributed by atoms with Crippen LogP contribution in [0.15, 0.2) is 82.6 Å². The van der Waals surface area contributed by atoms with Gasteiger partial charge in [-0.25, -0.2) is 18.7 Å². The molecule has 2 fully saturated rings. The van der Waals surface area contributed by atoms with Crippen LogP contribution in [-0.4, -0.2) is 118 Å². The Bertz CT molecular complexity index is 3150. The number of pyridine rings is 2. The van der Waals surface area contributed by atoms with Gasteiger partial charge >= 0.3 is 0 Å². The third-order valence-electron chi connectivity index (χ3n) is 12.1. The van der Waals surface area contributed by atoms with Crippen LogP contribution in [-0.2, 0) is 49.9 Å². The number of hydrogen-bond donors (Lipinski definition) is 1. The summed E-state index contributed by atoms with van der Waals surface area (Å²) in [5.41, 5.74) is 9.32. The van der Waals surface area contributed by atoms with Crippen LogP contribution in [0.4, 0.5) is 20.2 Å². The number of nitrogens with two attached hydrogens (primary N) is 1. The summed E-state index contributed by atoms with van der Waals surface area (Å²) in [7, 11) is 2.89. The number of amides is 2. The predicted octanol–water partition coefficient (Wildman–Crippen LogP) is 3.07. The first-order valence-electron chi connectivity index (χ1n) is 22.7. The van der Waals surface area contributed by atoms with E-state index in [9.17, 15) is 42.3 Å². The van der Waals surface area contributed by atoms with E-state index in [0.717, 1.165) is 45.2 Å². The summed E-state index contributed by atoms with van der Waals surface area (Å²) in [6, 6.07) is 17.3. The highest BCUT2D eigenvalue weighted by Gasteiger charge is 2.32. The smallest absolute Gasteiger partial charge is 0.270 e. The Labute approximate surface area is 403 Å². The van der Waals surface area contributed by atoms with Crippen molar-refractivity contribution < 1.29 is 51.7 Å². The van der Waals surface area contributed by atoms with Gasteiger partial charge in [0.15, 0.2) is 35.3 Å². The van der Waals surface area contributed by atoms with Crippen LogP contribution in [0, 0.1) is 5.92 Å². The average molecular weight is 978 g/mol. The van der Waals surface area contributed by atoms with E-state index in [1.54, 1.807) is 40.1 Å². The second-order valence-electron chi connectivity index (χ2n) is 17.3. The van der Waals surface area contributed by atoms with Crippen molar-refractivity contribution in [3.05, 3.63) is 105 Å². The number of ketones is 2. The predicted molar refractivity (Wildman–Crippen MR) is 252 cm³/mol. The van der Waals surface area contributed by atoms with E-state index in [4.69, 9.17) is 24.7 Å². The molecule has 0 bridgehead atoms. The molecule has 2 aromatic carbocycles. The number of halogens is 2. The van der Waals surface area contributed by atoms with Gasteiger partial charge in [-0.2, -0.15) is 9.97 Å². The van der Waals surface area contributed by atoms with Crippen LogP contribution in [0.5, 0.6) is 23.3 Å². The lowest BCUT2D eigenvalue weighted by Gasteiger charge is -2.21. The first-order chi connectivity index (χ1) is 34.2. The molecule has 2 N–H and O–H groups in total. The van der Waals surface area contributed by atoms with Crippen LogP contribution in [0.2, 0.25) is 0 Å². The van der Waals surface area contributed by atoms with E-state index >= 15 is 0 Å². The van der Waals surface area contributed by atoms with Gasteiger partial charge in [-0.15, -0.1) is 0 Å². The number of rotatable bonds is 12. The second kappa shape index (κ2) is 21.7. The quantitative estimate of drug-likeness (QED) is 0.173. The number of Topliss-reactive ketones (excluding diaryl/α,β-unsaturated/α-hetero) is 2. The van der Waals surface area contributed by atoms with Gasteiger partial charge in [0.05, 0.1) is 39.7 Å². The zero-order valence-electron chi connectivity index (χ0n) is 38.7. The van der Waals surface area contributed by atoms with Gasteiger partial charge in [0.25, 0.3) is 11.1 Å². The maximum Gasteiger partial charge on any atom is 0.270 e. The Balaban J connectivity index is 0.000000158. The number of fused-ring (bicyclic) bond motifs is 4. The van der Waals surface area contributed by atoms with E-state index < -0.39 is 23.5 Å². The third-order valence-corrected chi connectivity index (χ3v) is 12.1. The zero-order chi connectivity index (χ0) is 50.3. The third kappa shape index (κ3) is 11.5. The Morgan fingerprint density at radius 2 is 1.21 bits per heavy atom. The summed E-state index contributed by atoms with van der Waals surface area (Å²) < 4.78 is 51.2. The molecular weight excluding hydrogens is 929 g/mol. The summed E-state index contributed by atoms with van der Waals surface area (Å²) in [4.78, 5) is 101. The number of ether oxygens (including phenoxy) is 4. The summed E-state index contributed by atoms with van der Waals surface area (Å²) in [6.45, 7) is 0.692. The number of methoxy groups -OCH3 is 2. The highest BCUT2D eigenvalue weighted by molar-refractivity contribution is 5.97. The second-order valence-corrected chi connectivity index (χ2v) is 17.3. The van der Waals surface area contributed by atoms with Gasteiger partial charge in [-0.05, 0) is 67.3 Å². The van der Waals surface area contributed by atoms with Crippen LogP contribution in [0.1, 0.15) is 36.8 Å². The molecule has 4 unspecified atom stereocenters. The fourth-order valence-corrected chi connectivity index (χ4v) is 8.63. The number of aromatic nitrogens is 6. The lowest BCUT2D eigenvalue weighted by Crippen LogP contribution is -2.28. The molecule has 22 heteroatoms.